The minimum atomic E-state index is -0.155. The zero-order valence-corrected chi connectivity index (χ0v) is 19.9. The van der Waals surface area contributed by atoms with Crippen molar-refractivity contribution in [2.45, 2.75) is 13.5 Å². The van der Waals surface area contributed by atoms with Crippen molar-refractivity contribution in [2.24, 2.45) is 0 Å². The van der Waals surface area contributed by atoms with Crippen LogP contribution in [0, 0.1) is 6.92 Å². The molecule has 4 rings (SSSR count). The van der Waals surface area contributed by atoms with Crippen molar-refractivity contribution < 1.29 is 19.1 Å². The maximum Gasteiger partial charge on any atom is 0.253 e. The molecule has 2 heterocycles. The molecule has 1 fully saturated rings. The van der Waals surface area contributed by atoms with Gasteiger partial charge in [0.15, 0.2) is 5.78 Å². The molecule has 0 radical (unpaired) electrons. The number of nitrogens with zero attached hydrogens (tertiary/aromatic N) is 3. The second-order valence-electron chi connectivity index (χ2n) is 7.93. The number of rotatable bonds is 7. The molecule has 1 saturated heterocycles. The second-order valence-corrected chi connectivity index (χ2v) is 9.00. The smallest absolute Gasteiger partial charge is 0.253 e. The summed E-state index contributed by atoms with van der Waals surface area (Å²) < 4.78 is 10.5. The minimum absolute atomic E-state index is 0.0128. The van der Waals surface area contributed by atoms with Crippen molar-refractivity contribution >= 4 is 23.0 Å². The van der Waals surface area contributed by atoms with E-state index in [2.05, 4.69) is 15.3 Å². The molecule has 1 amide bonds. The van der Waals surface area contributed by atoms with E-state index in [1.807, 2.05) is 11.8 Å². The van der Waals surface area contributed by atoms with Crippen molar-refractivity contribution in [3.63, 3.8) is 0 Å². The SMILES string of the molecule is COc1cc(OC)cc(C(=O)c2ccc(C(=O)N3CCN(Cc4csc(C)n4)CC3)cc2)c1. The molecular formula is C25H27N3O4S. The number of ketones is 1. The number of hydrogen-bond donors (Lipinski definition) is 0. The van der Waals surface area contributed by atoms with Gasteiger partial charge in [0.2, 0.25) is 0 Å². The first-order chi connectivity index (χ1) is 16.0. The molecule has 1 aliphatic rings. The summed E-state index contributed by atoms with van der Waals surface area (Å²) in [5.74, 6) is 0.931. The van der Waals surface area contributed by atoms with Gasteiger partial charge in [-0.3, -0.25) is 14.5 Å². The van der Waals surface area contributed by atoms with Crippen LogP contribution in [0.4, 0.5) is 0 Å². The van der Waals surface area contributed by atoms with E-state index in [0.717, 1.165) is 30.3 Å². The predicted molar refractivity (Wildman–Crippen MR) is 127 cm³/mol. The number of benzene rings is 2. The highest BCUT2D eigenvalue weighted by molar-refractivity contribution is 7.09. The molecule has 0 spiro atoms. The lowest BCUT2D eigenvalue weighted by molar-refractivity contribution is 0.0627. The largest absolute Gasteiger partial charge is 0.497 e. The fourth-order valence-electron chi connectivity index (χ4n) is 3.87. The van der Waals surface area contributed by atoms with Gasteiger partial charge in [0, 0.05) is 60.9 Å². The first-order valence-corrected chi connectivity index (χ1v) is 11.7. The fourth-order valence-corrected chi connectivity index (χ4v) is 4.47. The molecule has 172 valence electrons. The molecule has 0 atom stereocenters. The van der Waals surface area contributed by atoms with E-state index in [4.69, 9.17) is 9.47 Å². The molecule has 0 aliphatic carbocycles. The Kier molecular flexibility index (Phi) is 7.05. The molecular weight excluding hydrogens is 438 g/mol. The molecule has 33 heavy (non-hydrogen) atoms. The predicted octanol–water partition coefficient (Wildman–Crippen LogP) is 3.66. The van der Waals surface area contributed by atoms with Gasteiger partial charge in [-0.15, -0.1) is 11.3 Å². The number of aryl methyl sites for hydroxylation is 1. The van der Waals surface area contributed by atoms with Gasteiger partial charge in [0.05, 0.1) is 24.9 Å². The van der Waals surface area contributed by atoms with Gasteiger partial charge >= 0.3 is 0 Å². The Morgan fingerprint density at radius 2 is 1.52 bits per heavy atom. The van der Waals surface area contributed by atoms with Crippen LogP contribution < -0.4 is 9.47 Å². The monoisotopic (exact) mass is 465 g/mol. The van der Waals surface area contributed by atoms with E-state index < -0.39 is 0 Å². The van der Waals surface area contributed by atoms with Crippen molar-refractivity contribution in [3.8, 4) is 11.5 Å². The van der Waals surface area contributed by atoms with Gasteiger partial charge in [0.25, 0.3) is 5.91 Å². The Labute approximate surface area is 197 Å². The van der Waals surface area contributed by atoms with Gasteiger partial charge in [-0.2, -0.15) is 0 Å². The molecule has 3 aromatic rings. The van der Waals surface area contributed by atoms with Crippen LogP contribution in [-0.2, 0) is 6.54 Å². The van der Waals surface area contributed by atoms with Crippen LogP contribution in [0.25, 0.3) is 0 Å². The van der Waals surface area contributed by atoms with E-state index in [1.54, 1.807) is 68.0 Å². The molecule has 2 aromatic carbocycles. The highest BCUT2D eigenvalue weighted by Crippen LogP contribution is 2.24. The first kappa shape index (κ1) is 22.9. The molecule has 0 saturated carbocycles. The topological polar surface area (TPSA) is 72.0 Å². The van der Waals surface area contributed by atoms with E-state index in [1.165, 1.54) is 0 Å². The van der Waals surface area contributed by atoms with Crippen molar-refractivity contribution in [2.75, 3.05) is 40.4 Å². The van der Waals surface area contributed by atoms with Crippen molar-refractivity contribution in [1.29, 1.82) is 0 Å². The van der Waals surface area contributed by atoms with E-state index >= 15 is 0 Å². The second kappa shape index (κ2) is 10.1. The Morgan fingerprint density at radius 3 is 2.06 bits per heavy atom. The Balaban J connectivity index is 1.38. The lowest BCUT2D eigenvalue weighted by atomic mass is 10.0. The normalized spacial score (nSPS) is 14.2. The number of ether oxygens (including phenoxy) is 2. The summed E-state index contributed by atoms with van der Waals surface area (Å²) >= 11 is 1.66. The van der Waals surface area contributed by atoms with Crippen LogP contribution in [0.2, 0.25) is 0 Å². The summed E-state index contributed by atoms with van der Waals surface area (Å²) in [7, 11) is 3.09. The highest BCUT2D eigenvalue weighted by atomic mass is 32.1. The maximum absolute atomic E-state index is 13.0. The Bertz CT molecular complexity index is 1110. The summed E-state index contributed by atoms with van der Waals surface area (Å²) in [6.07, 6.45) is 0. The van der Waals surface area contributed by atoms with Crippen molar-refractivity contribution in [3.05, 3.63) is 75.2 Å². The molecule has 7 nitrogen and oxygen atoms in total. The summed E-state index contributed by atoms with van der Waals surface area (Å²) in [6.45, 7) is 5.81. The standard InChI is InChI=1S/C25H27N3O4S/c1-17-26-21(16-33-17)15-27-8-10-28(11-9-27)25(30)19-6-4-18(5-7-19)24(29)20-12-22(31-2)14-23(13-20)32-3/h4-7,12-14,16H,8-11,15H2,1-3H3. The zero-order valence-electron chi connectivity index (χ0n) is 19.0. The van der Waals surface area contributed by atoms with Gasteiger partial charge in [-0.1, -0.05) is 12.1 Å². The van der Waals surface area contributed by atoms with Crippen LogP contribution in [0.1, 0.15) is 37.0 Å². The van der Waals surface area contributed by atoms with Gasteiger partial charge < -0.3 is 14.4 Å². The molecule has 0 unspecified atom stereocenters. The lowest BCUT2D eigenvalue weighted by Crippen LogP contribution is -2.48. The third kappa shape index (κ3) is 5.40. The van der Waals surface area contributed by atoms with Crippen LogP contribution in [-0.4, -0.2) is 66.9 Å². The van der Waals surface area contributed by atoms with E-state index in [9.17, 15) is 9.59 Å². The zero-order chi connectivity index (χ0) is 23.4. The number of amides is 1. The number of carbonyl (C=O) groups excluding carboxylic acids is 2. The third-order valence-electron chi connectivity index (χ3n) is 5.72. The minimum Gasteiger partial charge on any atom is -0.497 e. The average Bonchev–Trinajstić information content (AvgIpc) is 3.27. The van der Waals surface area contributed by atoms with E-state index in [-0.39, 0.29) is 11.7 Å². The number of carbonyl (C=O) groups is 2. The molecule has 1 aromatic heterocycles. The van der Waals surface area contributed by atoms with E-state index in [0.29, 0.717) is 41.3 Å². The molecule has 0 bridgehead atoms. The van der Waals surface area contributed by atoms with Gasteiger partial charge in [0.1, 0.15) is 11.5 Å². The summed E-state index contributed by atoms with van der Waals surface area (Å²) in [4.78, 5) is 34.6. The number of aromatic nitrogens is 1. The quantitative estimate of drug-likeness (QED) is 0.496. The van der Waals surface area contributed by atoms with Crippen LogP contribution in [0.5, 0.6) is 11.5 Å². The molecule has 0 N–H and O–H groups in total. The van der Waals surface area contributed by atoms with Crippen LogP contribution in [0.15, 0.2) is 47.8 Å². The lowest BCUT2D eigenvalue weighted by Gasteiger charge is -2.34. The Morgan fingerprint density at radius 1 is 0.909 bits per heavy atom. The number of piperazine rings is 1. The van der Waals surface area contributed by atoms with Crippen LogP contribution in [0.3, 0.4) is 0 Å². The highest BCUT2D eigenvalue weighted by Gasteiger charge is 2.23. The molecule has 1 aliphatic heterocycles. The fraction of sp³-hybridized carbons (Fsp3) is 0.320. The molecule has 8 heteroatoms. The number of hydrogen-bond acceptors (Lipinski definition) is 7. The Hall–Kier alpha value is -3.23. The third-order valence-corrected chi connectivity index (χ3v) is 6.54. The van der Waals surface area contributed by atoms with Crippen molar-refractivity contribution in [1.82, 2.24) is 14.8 Å². The number of thiazole rings is 1. The summed E-state index contributed by atoms with van der Waals surface area (Å²) in [6, 6.07) is 11.9. The number of methoxy groups -OCH3 is 2. The first-order valence-electron chi connectivity index (χ1n) is 10.8. The summed E-state index contributed by atoms with van der Waals surface area (Å²) in [5.41, 5.74) is 2.64. The van der Waals surface area contributed by atoms with Gasteiger partial charge in [-0.05, 0) is 31.2 Å². The van der Waals surface area contributed by atoms with Crippen LogP contribution >= 0.6 is 11.3 Å². The average molecular weight is 466 g/mol. The summed E-state index contributed by atoms with van der Waals surface area (Å²) in [5, 5.41) is 3.17. The maximum atomic E-state index is 13.0. The van der Waals surface area contributed by atoms with Gasteiger partial charge in [-0.25, -0.2) is 4.98 Å².